The van der Waals surface area contributed by atoms with Gasteiger partial charge >= 0.3 is 5.97 Å². The second kappa shape index (κ2) is 6.43. The van der Waals surface area contributed by atoms with Gasteiger partial charge in [-0.3, -0.25) is 4.79 Å². The summed E-state index contributed by atoms with van der Waals surface area (Å²) in [4.78, 5) is 25.1. The Labute approximate surface area is 120 Å². The van der Waals surface area contributed by atoms with E-state index in [2.05, 4.69) is 5.32 Å². The quantitative estimate of drug-likeness (QED) is 0.845. The summed E-state index contributed by atoms with van der Waals surface area (Å²) in [6, 6.07) is 1.12. The van der Waals surface area contributed by atoms with Gasteiger partial charge in [0.25, 0.3) is 5.91 Å². The fourth-order valence-corrected chi connectivity index (χ4v) is 3.79. The van der Waals surface area contributed by atoms with Crippen molar-refractivity contribution in [1.82, 2.24) is 5.32 Å². The third kappa shape index (κ3) is 3.51. The molecule has 4 nitrogen and oxygen atoms in total. The highest BCUT2D eigenvalue weighted by molar-refractivity contribution is 7.98. The van der Waals surface area contributed by atoms with E-state index in [1.807, 2.05) is 12.3 Å². The van der Waals surface area contributed by atoms with Crippen LogP contribution in [0.4, 0.5) is 0 Å². The molecule has 1 aliphatic rings. The van der Waals surface area contributed by atoms with Crippen molar-refractivity contribution >= 4 is 35.0 Å². The topological polar surface area (TPSA) is 66.4 Å². The van der Waals surface area contributed by atoms with E-state index in [9.17, 15) is 9.59 Å². The number of carbonyl (C=O) groups excluding carboxylic acids is 1. The van der Waals surface area contributed by atoms with E-state index in [1.54, 1.807) is 11.8 Å². The largest absolute Gasteiger partial charge is 0.480 e. The van der Waals surface area contributed by atoms with Crippen LogP contribution in [-0.2, 0) is 17.6 Å². The Hall–Kier alpha value is -1.01. The Morgan fingerprint density at radius 2 is 2.32 bits per heavy atom. The number of carboxylic acids is 1. The molecule has 1 aromatic heterocycles. The zero-order valence-corrected chi connectivity index (χ0v) is 12.4. The molecule has 1 amide bonds. The number of nitrogens with one attached hydrogen (secondary N) is 1. The third-order valence-electron chi connectivity index (χ3n) is 3.18. The highest BCUT2D eigenvalue weighted by atomic mass is 32.2. The highest BCUT2D eigenvalue weighted by Crippen LogP contribution is 2.30. The zero-order chi connectivity index (χ0) is 13.8. The lowest BCUT2D eigenvalue weighted by atomic mass is 10.2. The van der Waals surface area contributed by atoms with E-state index in [0.29, 0.717) is 11.3 Å². The van der Waals surface area contributed by atoms with E-state index < -0.39 is 12.0 Å². The van der Waals surface area contributed by atoms with Crippen molar-refractivity contribution in [2.75, 3.05) is 12.0 Å². The fourth-order valence-electron chi connectivity index (χ4n) is 2.16. The third-order valence-corrected chi connectivity index (χ3v) is 5.06. The first-order chi connectivity index (χ1) is 9.11. The lowest BCUT2D eigenvalue weighted by Gasteiger charge is -2.13. The predicted molar refractivity (Wildman–Crippen MR) is 78.2 cm³/mol. The van der Waals surface area contributed by atoms with Crippen LogP contribution in [0.2, 0.25) is 0 Å². The number of amides is 1. The second-order valence-corrected chi connectivity index (χ2v) is 6.68. The van der Waals surface area contributed by atoms with Crippen molar-refractivity contribution in [3.8, 4) is 0 Å². The van der Waals surface area contributed by atoms with Crippen molar-refractivity contribution in [1.29, 1.82) is 0 Å². The summed E-state index contributed by atoms with van der Waals surface area (Å²) in [5, 5.41) is 11.7. The Morgan fingerprint density at radius 1 is 1.53 bits per heavy atom. The number of thiophene rings is 1. The maximum absolute atomic E-state index is 12.1. The monoisotopic (exact) mass is 299 g/mol. The van der Waals surface area contributed by atoms with Gasteiger partial charge in [0.05, 0.1) is 4.88 Å². The number of carboxylic acid groups (broad SMARTS) is 1. The zero-order valence-electron chi connectivity index (χ0n) is 10.8. The molecule has 0 bridgehead atoms. The molecule has 0 unspecified atom stereocenters. The van der Waals surface area contributed by atoms with E-state index in [0.717, 1.165) is 25.0 Å². The van der Waals surface area contributed by atoms with Crippen LogP contribution < -0.4 is 5.32 Å². The standard InChI is InChI=1S/C13H17NO3S2/c1-18-6-5-9(13(16)17)14-12(15)11-7-8-3-2-4-10(8)19-11/h7,9H,2-6H2,1H3,(H,14,15)(H,16,17)/t9-/m0/s1. The number of carbonyl (C=O) groups is 2. The van der Waals surface area contributed by atoms with Crippen LogP contribution in [0.5, 0.6) is 0 Å². The summed E-state index contributed by atoms with van der Waals surface area (Å²) >= 11 is 3.08. The van der Waals surface area contributed by atoms with Crippen LogP contribution in [0.25, 0.3) is 0 Å². The Morgan fingerprint density at radius 3 is 2.95 bits per heavy atom. The maximum Gasteiger partial charge on any atom is 0.326 e. The van der Waals surface area contributed by atoms with Gasteiger partial charge in [-0.05, 0) is 49.3 Å². The first-order valence-electron chi connectivity index (χ1n) is 6.26. The van der Waals surface area contributed by atoms with Crippen molar-refractivity contribution < 1.29 is 14.7 Å². The Kier molecular flexibility index (Phi) is 4.87. The molecule has 0 aromatic carbocycles. The van der Waals surface area contributed by atoms with Crippen molar-refractivity contribution in [3.05, 3.63) is 21.4 Å². The molecular formula is C13H17NO3S2. The van der Waals surface area contributed by atoms with Gasteiger partial charge in [0.1, 0.15) is 6.04 Å². The molecule has 1 atom stereocenters. The van der Waals surface area contributed by atoms with Crippen molar-refractivity contribution in [2.45, 2.75) is 31.7 Å². The van der Waals surface area contributed by atoms with Gasteiger partial charge in [-0.1, -0.05) is 0 Å². The molecule has 0 aliphatic heterocycles. The number of aliphatic carboxylic acids is 1. The summed E-state index contributed by atoms with van der Waals surface area (Å²) in [6.07, 6.45) is 5.61. The smallest absolute Gasteiger partial charge is 0.326 e. The lowest BCUT2D eigenvalue weighted by Crippen LogP contribution is -2.40. The fraction of sp³-hybridized carbons (Fsp3) is 0.538. The second-order valence-electron chi connectivity index (χ2n) is 4.56. The summed E-state index contributed by atoms with van der Waals surface area (Å²) in [5.41, 5.74) is 1.26. The van der Waals surface area contributed by atoms with E-state index in [1.165, 1.54) is 21.8 Å². The maximum atomic E-state index is 12.1. The van der Waals surface area contributed by atoms with E-state index in [-0.39, 0.29) is 5.91 Å². The SMILES string of the molecule is CSCC[C@H](NC(=O)c1cc2c(s1)CCC2)C(=O)O. The highest BCUT2D eigenvalue weighted by Gasteiger charge is 2.23. The average molecular weight is 299 g/mol. The van der Waals surface area contributed by atoms with E-state index >= 15 is 0 Å². The summed E-state index contributed by atoms with van der Waals surface area (Å²) in [7, 11) is 0. The lowest BCUT2D eigenvalue weighted by molar-refractivity contribution is -0.139. The summed E-state index contributed by atoms with van der Waals surface area (Å²) in [5.74, 6) is -0.502. The first-order valence-corrected chi connectivity index (χ1v) is 8.47. The number of thioether (sulfide) groups is 1. The molecule has 0 fully saturated rings. The molecule has 2 rings (SSSR count). The molecule has 1 aliphatic carbocycles. The van der Waals surface area contributed by atoms with Crippen LogP contribution in [0.3, 0.4) is 0 Å². The molecule has 1 heterocycles. The molecule has 1 aromatic rings. The van der Waals surface area contributed by atoms with Crippen LogP contribution >= 0.6 is 23.1 Å². The molecule has 6 heteroatoms. The molecule has 19 heavy (non-hydrogen) atoms. The number of hydrogen-bond donors (Lipinski definition) is 2. The molecule has 2 N–H and O–H groups in total. The normalized spacial score (nSPS) is 15.0. The summed E-state index contributed by atoms with van der Waals surface area (Å²) in [6.45, 7) is 0. The molecule has 104 valence electrons. The van der Waals surface area contributed by atoms with Crippen LogP contribution in [0, 0.1) is 0 Å². The van der Waals surface area contributed by atoms with Gasteiger partial charge < -0.3 is 10.4 Å². The molecule has 0 saturated heterocycles. The summed E-state index contributed by atoms with van der Waals surface area (Å²) < 4.78 is 0. The van der Waals surface area contributed by atoms with Crippen molar-refractivity contribution in [2.24, 2.45) is 0 Å². The minimum Gasteiger partial charge on any atom is -0.480 e. The number of hydrogen-bond acceptors (Lipinski definition) is 4. The Balaban J connectivity index is 1.99. The average Bonchev–Trinajstić information content (AvgIpc) is 2.94. The van der Waals surface area contributed by atoms with Crippen LogP contribution in [-0.4, -0.2) is 35.0 Å². The molecule has 0 radical (unpaired) electrons. The van der Waals surface area contributed by atoms with Gasteiger partial charge in [-0.15, -0.1) is 11.3 Å². The number of fused-ring (bicyclic) bond motifs is 1. The van der Waals surface area contributed by atoms with Gasteiger partial charge in [-0.25, -0.2) is 4.79 Å². The van der Waals surface area contributed by atoms with Crippen molar-refractivity contribution in [3.63, 3.8) is 0 Å². The molecular weight excluding hydrogens is 282 g/mol. The minimum absolute atomic E-state index is 0.257. The molecule has 0 spiro atoms. The van der Waals surface area contributed by atoms with Gasteiger partial charge in [0.15, 0.2) is 0 Å². The predicted octanol–water partition coefficient (Wildman–Crippen LogP) is 2.17. The van der Waals surface area contributed by atoms with Crippen LogP contribution in [0.1, 0.15) is 33.0 Å². The van der Waals surface area contributed by atoms with E-state index in [4.69, 9.17) is 5.11 Å². The minimum atomic E-state index is -0.966. The van der Waals surface area contributed by atoms with Gasteiger partial charge in [0, 0.05) is 4.88 Å². The van der Waals surface area contributed by atoms with Gasteiger partial charge in [0.2, 0.25) is 0 Å². The molecule has 0 saturated carbocycles. The number of rotatable bonds is 6. The first kappa shape index (κ1) is 14.4. The van der Waals surface area contributed by atoms with Crippen LogP contribution in [0.15, 0.2) is 6.07 Å². The van der Waals surface area contributed by atoms with Gasteiger partial charge in [-0.2, -0.15) is 11.8 Å². The number of aryl methyl sites for hydroxylation is 2. The Bertz CT molecular complexity index is 463.